The molecule has 3 heterocycles. The average molecular weight is 474 g/mol. The van der Waals surface area contributed by atoms with Gasteiger partial charge in [-0.3, -0.25) is 4.90 Å². The lowest BCUT2D eigenvalue weighted by atomic mass is 10.0. The maximum atomic E-state index is 12.4. The summed E-state index contributed by atoms with van der Waals surface area (Å²) in [6, 6.07) is 10.7. The highest BCUT2D eigenvalue weighted by Gasteiger charge is 2.31. The summed E-state index contributed by atoms with van der Waals surface area (Å²) in [6.45, 7) is 6.79. The topological polar surface area (TPSA) is 40.9 Å². The predicted molar refractivity (Wildman–Crippen MR) is 127 cm³/mol. The van der Waals surface area contributed by atoms with E-state index in [1.54, 1.807) is 16.7 Å². The molecule has 5 nitrogen and oxygen atoms in total. The number of hydrogen-bond donors (Lipinski definition) is 1. The molecule has 8 heteroatoms. The maximum absolute atomic E-state index is 12.4. The number of fused-ring (bicyclic) bond motifs is 2. The van der Waals surface area contributed by atoms with Crippen molar-refractivity contribution in [3.05, 3.63) is 53.7 Å². The number of piperidine rings is 1. The molecule has 1 unspecified atom stereocenters. The normalized spacial score (nSPS) is 19.8. The van der Waals surface area contributed by atoms with Crippen LogP contribution in [0.3, 0.4) is 0 Å². The molecule has 2 fully saturated rings. The molecule has 0 amide bonds. The van der Waals surface area contributed by atoms with Crippen LogP contribution in [0, 0.1) is 6.92 Å². The highest BCUT2D eigenvalue weighted by Crippen LogP contribution is 2.35. The van der Waals surface area contributed by atoms with Crippen molar-refractivity contribution in [2.24, 2.45) is 0 Å². The van der Waals surface area contributed by atoms with E-state index in [4.69, 9.17) is 0 Å². The lowest BCUT2D eigenvalue weighted by molar-refractivity contribution is -0.274. The number of nitrogens with zero attached hydrogens (tertiary/aromatic N) is 3. The molecular formula is C26H30F3N3O2. The number of aryl methyl sites for hydroxylation is 1. The van der Waals surface area contributed by atoms with E-state index in [2.05, 4.69) is 26.7 Å². The van der Waals surface area contributed by atoms with E-state index in [0.29, 0.717) is 12.6 Å². The minimum atomic E-state index is -4.71. The quantitative estimate of drug-likeness (QED) is 0.530. The molecule has 34 heavy (non-hydrogen) atoms. The van der Waals surface area contributed by atoms with Gasteiger partial charge in [0.25, 0.3) is 0 Å². The third kappa shape index (κ3) is 4.82. The van der Waals surface area contributed by atoms with Crippen LogP contribution in [0.1, 0.15) is 36.8 Å². The van der Waals surface area contributed by atoms with Crippen LogP contribution in [0.5, 0.6) is 11.6 Å². The fraction of sp³-hybridized carbons (Fsp3) is 0.462. The van der Waals surface area contributed by atoms with Crippen molar-refractivity contribution in [2.75, 3.05) is 31.1 Å². The SMILES string of the molecule is Cc1cc(N2CCCN3CCCCC3C2)cc2cn(Cc3ccc(OC(F)(F)F)cc3)c(O)c12. The second-order valence-electron chi connectivity index (χ2n) is 9.48. The molecule has 2 aliphatic rings. The Balaban J connectivity index is 1.38. The smallest absolute Gasteiger partial charge is 0.494 e. The summed E-state index contributed by atoms with van der Waals surface area (Å²) in [5.74, 6) is -0.0865. The Kier molecular flexibility index (Phi) is 6.10. The standard InChI is InChI=1S/C26H30F3N3O2/c1-18-13-22(31-12-4-11-30-10-3-2-5-21(30)17-31)14-20-16-32(25(33)24(18)20)15-19-6-8-23(9-7-19)34-26(27,28)29/h6-9,13-14,16,21,33H,2-5,10-12,15,17H2,1H3. The van der Waals surface area contributed by atoms with Crippen LogP contribution in [0.2, 0.25) is 0 Å². The molecule has 1 atom stereocenters. The lowest BCUT2D eigenvalue weighted by Crippen LogP contribution is -2.44. The van der Waals surface area contributed by atoms with Gasteiger partial charge in [0.2, 0.25) is 0 Å². The minimum absolute atomic E-state index is 0.170. The fourth-order valence-corrected chi connectivity index (χ4v) is 5.48. The van der Waals surface area contributed by atoms with Crippen LogP contribution in [0.4, 0.5) is 18.9 Å². The van der Waals surface area contributed by atoms with E-state index in [1.165, 1.54) is 43.6 Å². The first-order valence-electron chi connectivity index (χ1n) is 11.9. The first-order valence-corrected chi connectivity index (χ1v) is 11.9. The van der Waals surface area contributed by atoms with Crippen molar-refractivity contribution < 1.29 is 23.0 Å². The highest BCUT2D eigenvalue weighted by molar-refractivity contribution is 5.93. The molecule has 1 N–H and O–H groups in total. The number of anilines is 1. The molecule has 182 valence electrons. The van der Waals surface area contributed by atoms with Gasteiger partial charge in [0.05, 0.1) is 6.54 Å². The van der Waals surface area contributed by atoms with Crippen LogP contribution in [0.15, 0.2) is 42.6 Å². The number of rotatable bonds is 4. The van der Waals surface area contributed by atoms with Gasteiger partial charge in [-0.15, -0.1) is 13.2 Å². The highest BCUT2D eigenvalue weighted by atomic mass is 19.4. The van der Waals surface area contributed by atoms with E-state index >= 15 is 0 Å². The fourth-order valence-electron chi connectivity index (χ4n) is 5.48. The van der Waals surface area contributed by atoms with Crippen LogP contribution >= 0.6 is 0 Å². The largest absolute Gasteiger partial charge is 0.573 e. The molecule has 1 aromatic heterocycles. The zero-order valence-corrected chi connectivity index (χ0v) is 19.3. The molecule has 0 aliphatic carbocycles. The maximum Gasteiger partial charge on any atom is 0.573 e. The van der Waals surface area contributed by atoms with Gasteiger partial charge >= 0.3 is 6.36 Å². The van der Waals surface area contributed by atoms with Crippen molar-refractivity contribution in [3.8, 4) is 11.6 Å². The molecule has 0 saturated carbocycles. The molecular weight excluding hydrogens is 443 g/mol. The van der Waals surface area contributed by atoms with Gasteiger partial charge in [0, 0.05) is 48.3 Å². The molecule has 2 saturated heterocycles. The van der Waals surface area contributed by atoms with E-state index in [9.17, 15) is 18.3 Å². The molecule has 3 aromatic rings. The van der Waals surface area contributed by atoms with Gasteiger partial charge in [-0.1, -0.05) is 18.6 Å². The second kappa shape index (κ2) is 9.06. The molecule has 0 spiro atoms. The third-order valence-corrected chi connectivity index (χ3v) is 7.07. The summed E-state index contributed by atoms with van der Waals surface area (Å²) in [5, 5.41) is 12.7. The number of hydrogen-bond acceptors (Lipinski definition) is 4. The Hall–Kier alpha value is -2.87. The summed E-state index contributed by atoms with van der Waals surface area (Å²) >= 11 is 0. The Morgan fingerprint density at radius 2 is 1.79 bits per heavy atom. The summed E-state index contributed by atoms with van der Waals surface area (Å²) in [4.78, 5) is 5.12. The van der Waals surface area contributed by atoms with Crippen LogP contribution in [-0.2, 0) is 6.54 Å². The first-order chi connectivity index (χ1) is 16.3. The monoisotopic (exact) mass is 473 g/mol. The molecule has 2 aromatic carbocycles. The Bertz CT molecular complexity index is 1160. The van der Waals surface area contributed by atoms with Gasteiger partial charge in [0.1, 0.15) is 5.75 Å². The Morgan fingerprint density at radius 3 is 2.56 bits per heavy atom. The first kappa shape index (κ1) is 22.9. The van der Waals surface area contributed by atoms with E-state index in [1.807, 2.05) is 13.1 Å². The van der Waals surface area contributed by atoms with E-state index < -0.39 is 6.36 Å². The second-order valence-corrected chi connectivity index (χ2v) is 9.48. The van der Waals surface area contributed by atoms with Crippen molar-refractivity contribution in [1.29, 1.82) is 0 Å². The van der Waals surface area contributed by atoms with Crippen molar-refractivity contribution >= 4 is 16.5 Å². The molecule has 2 aliphatic heterocycles. The Labute approximate surface area is 197 Å². The van der Waals surface area contributed by atoms with E-state index in [-0.39, 0.29) is 11.6 Å². The zero-order valence-electron chi connectivity index (χ0n) is 19.3. The number of alkyl halides is 3. The lowest BCUT2D eigenvalue weighted by Gasteiger charge is -2.36. The van der Waals surface area contributed by atoms with Gasteiger partial charge in [0.15, 0.2) is 5.88 Å². The molecule has 0 bridgehead atoms. The Morgan fingerprint density at radius 1 is 1.03 bits per heavy atom. The minimum Gasteiger partial charge on any atom is -0.494 e. The number of benzene rings is 2. The van der Waals surface area contributed by atoms with Crippen LogP contribution in [0.25, 0.3) is 10.8 Å². The number of halogens is 3. The van der Waals surface area contributed by atoms with Crippen molar-refractivity contribution in [1.82, 2.24) is 9.47 Å². The van der Waals surface area contributed by atoms with E-state index in [0.717, 1.165) is 48.0 Å². The average Bonchev–Trinajstić information content (AvgIpc) is 2.96. The zero-order chi connectivity index (χ0) is 23.9. The third-order valence-electron chi connectivity index (χ3n) is 7.07. The van der Waals surface area contributed by atoms with Crippen LogP contribution < -0.4 is 9.64 Å². The predicted octanol–water partition coefficient (Wildman–Crippen LogP) is 5.67. The van der Waals surface area contributed by atoms with Crippen LogP contribution in [-0.4, -0.2) is 53.2 Å². The number of aromatic nitrogens is 1. The summed E-state index contributed by atoms with van der Waals surface area (Å²) < 4.78 is 42.9. The number of aromatic hydroxyl groups is 1. The van der Waals surface area contributed by atoms with Crippen molar-refractivity contribution in [3.63, 3.8) is 0 Å². The summed E-state index contributed by atoms with van der Waals surface area (Å²) in [6.07, 6.45) is 2.21. The van der Waals surface area contributed by atoms with Crippen molar-refractivity contribution in [2.45, 2.75) is 51.6 Å². The van der Waals surface area contributed by atoms with Gasteiger partial charge in [-0.25, -0.2) is 0 Å². The molecule has 5 rings (SSSR count). The summed E-state index contributed by atoms with van der Waals surface area (Å²) in [5.41, 5.74) is 2.97. The summed E-state index contributed by atoms with van der Waals surface area (Å²) in [7, 11) is 0. The van der Waals surface area contributed by atoms with Gasteiger partial charge in [-0.05, 0) is 68.1 Å². The van der Waals surface area contributed by atoms with Gasteiger partial charge in [-0.2, -0.15) is 0 Å². The molecule has 0 radical (unpaired) electrons. The number of ether oxygens (including phenoxy) is 1. The van der Waals surface area contributed by atoms with Gasteiger partial charge < -0.3 is 19.3 Å².